The Bertz CT molecular complexity index is 748. The summed E-state index contributed by atoms with van der Waals surface area (Å²) in [6.07, 6.45) is 37.8. The second kappa shape index (κ2) is 38.0. The molecule has 0 radical (unpaired) electrons. The van der Waals surface area contributed by atoms with Gasteiger partial charge in [-0.05, 0) is 44.9 Å². The molecule has 0 rings (SSSR count). The van der Waals surface area contributed by atoms with Gasteiger partial charge in [-0.3, -0.25) is 14.4 Å². The molecular formula is C42H78O6. The average Bonchev–Trinajstić information content (AvgIpc) is 3.08. The van der Waals surface area contributed by atoms with Gasteiger partial charge in [-0.1, -0.05) is 168 Å². The molecule has 0 bridgehead atoms. The van der Waals surface area contributed by atoms with Crippen LogP contribution in [0, 0.1) is 0 Å². The molecule has 0 saturated carbocycles. The average molecular weight is 679 g/mol. The summed E-state index contributed by atoms with van der Waals surface area (Å²) < 4.78 is 16.6. The van der Waals surface area contributed by atoms with Crippen molar-refractivity contribution in [2.24, 2.45) is 0 Å². The van der Waals surface area contributed by atoms with Gasteiger partial charge in [0.15, 0.2) is 6.10 Å². The van der Waals surface area contributed by atoms with Crippen LogP contribution in [0.5, 0.6) is 0 Å². The van der Waals surface area contributed by atoms with E-state index >= 15 is 0 Å². The lowest BCUT2D eigenvalue weighted by Gasteiger charge is -2.18. The van der Waals surface area contributed by atoms with Gasteiger partial charge in [-0.15, -0.1) is 0 Å². The normalized spacial score (nSPS) is 12.0. The smallest absolute Gasteiger partial charge is 0.306 e. The highest BCUT2D eigenvalue weighted by molar-refractivity contribution is 5.71. The molecule has 0 saturated heterocycles. The lowest BCUT2D eigenvalue weighted by Crippen LogP contribution is -2.30. The highest BCUT2D eigenvalue weighted by Crippen LogP contribution is 2.14. The van der Waals surface area contributed by atoms with Crippen molar-refractivity contribution in [3.05, 3.63) is 12.2 Å². The Morgan fingerprint density at radius 1 is 0.396 bits per heavy atom. The number of unbranched alkanes of at least 4 members (excludes halogenated alkanes) is 24. The lowest BCUT2D eigenvalue weighted by atomic mass is 10.0. The maximum Gasteiger partial charge on any atom is 0.306 e. The molecule has 6 nitrogen and oxygen atoms in total. The van der Waals surface area contributed by atoms with E-state index < -0.39 is 6.10 Å². The molecule has 0 amide bonds. The fraction of sp³-hybridized carbons (Fsp3) is 0.881. The van der Waals surface area contributed by atoms with E-state index in [9.17, 15) is 14.4 Å². The van der Waals surface area contributed by atoms with E-state index in [4.69, 9.17) is 14.2 Å². The molecule has 1 unspecified atom stereocenters. The number of esters is 3. The van der Waals surface area contributed by atoms with Crippen molar-refractivity contribution < 1.29 is 28.6 Å². The first-order valence-electron chi connectivity index (χ1n) is 20.7. The monoisotopic (exact) mass is 679 g/mol. The fourth-order valence-corrected chi connectivity index (χ4v) is 5.85. The van der Waals surface area contributed by atoms with Crippen molar-refractivity contribution in [2.75, 3.05) is 13.2 Å². The highest BCUT2D eigenvalue weighted by atomic mass is 16.6. The number of rotatable bonds is 37. The summed E-state index contributed by atoms with van der Waals surface area (Å²) in [5.41, 5.74) is 0. The van der Waals surface area contributed by atoms with Gasteiger partial charge >= 0.3 is 17.9 Å². The first kappa shape index (κ1) is 46.1. The Kier molecular flexibility index (Phi) is 36.5. The zero-order valence-corrected chi connectivity index (χ0v) is 32.0. The van der Waals surface area contributed by atoms with Crippen LogP contribution in [-0.2, 0) is 28.6 Å². The third-order valence-electron chi connectivity index (χ3n) is 9.02. The van der Waals surface area contributed by atoms with Crippen LogP contribution in [0.2, 0.25) is 0 Å². The summed E-state index contributed by atoms with van der Waals surface area (Å²) in [7, 11) is 0. The van der Waals surface area contributed by atoms with Crippen molar-refractivity contribution in [3.8, 4) is 0 Å². The van der Waals surface area contributed by atoms with Crippen LogP contribution in [-0.4, -0.2) is 37.2 Å². The fourth-order valence-electron chi connectivity index (χ4n) is 5.85. The summed E-state index contributed by atoms with van der Waals surface area (Å²) in [6.45, 7) is 6.53. The van der Waals surface area contributed by atoms with E-state index in [1.807, 2.05) is 0 Å². The van der Waals surface area contributed by atoms with E-state index in [1.165, 1.54) is 116 Å². The Hall–Kier alpha value is -1.85. The SMILES string of the molecule is CCCCC/C=C\CCCCCCCC(=O)OCC(COC(=O)CCCCCCCC)OC(=O)CCCCCCCCCCCCCC. The van der Waals surface area contributed by atoms with Gasteiger partial charge in [0.25, 0.3) is 0 Å². The molecule has 282 valence electrons. The van der Waals surface area contributed by atoms with Crippen molar-refractivity contribution in [2.45, 2.75) is 226 Å². The largest absolute Gasteiger partial charge is 0.462 e. The van der Waals surface area contributed by atoms with Crippen LogP contribution in [0.15, 0.2) is 12.2 Å². The minimum atomic E-state index is -0.762. The molecule has 0 aliphatic heterocycles. The van der Waals surface area contributed by atoms with E-state index in [2.05, 4.69) is 32.9 Å². The number of carbonyl (C=O) groups excluding carboxylic acids is 3. The van der Waals surface area contributed by atoms with E-state index in [0.717, 1.165) is 64.2 Å². The van der Waals surface area contributed by atoms with Crippen LogP contribution in [0.25, 0.3) is 0 Å². The quantitative estimate of drug-likeness (QED) is 0.0282. The Labute approximate surface area is 297 Å². The number of hydrogen-bond acceptors (Lipinski definition) is 6. The second-order valence-electron chi connectivity index (χ2n) is 13.9. The van der Waals surface area contributed by atoms with Crippen LogP contribution in [0.3, 0.4) is 0 Å². The topological polar surface area (TPSA) is 78.9 Å². The molecule has 0 aromatic rings. The molecule has 0 aromatic carbocycles. The second-order valence-corrected chi connectivity index (χ2v) is 13.9. The number of ether oxygens (including phenoxy) is 3. The molecule has 6 heteroatoms. The lowest BCUT2D eigenvalue weighted by molar-refractivity contribution is -0.167. The van der Waals surface area contributed by atoms with Gasteiger partial charge in [0, 0.05) is 19.3 Å². The van der Waals surface area contributed by atoms with Crippen LogP contribution in [0.1, 0.15) is 220 Å². The molecule has 0 aromatic heterocycles. The number of allylic oxidation sites excluding steroid dienone is 2. The molecule has 0 fully saturated rings. The minimum absolute atomic E-state index is 0.0703. The van der Waals surface area contributed by atoms with Gasteiger partial charge in [0.1, 0.15) is 13.2 Å². The number of carbonyl (C=O) groups is 3. The van der Waals surface area contributed by atoms with Crippen molar-refractivity contribution in [3.63, 3.8) is 0 Å². The van der Waals surface area contributed by atoms with Gasteiger partial charge in [-0.25, -0.2) is 0 Å². The molecule has 48 heavy (non-hydrogen) atoms. The third kappa shape index (κ3) is 35.5. The molecular weight excluding hydrogens is 600 g/mol. The van der Waals surface area contributed by atoms with Crippen LogP contribution < -0.4 is 0 Å². The van der Waals surface area contributed by atoms with Gasteiger partial charge in [0.2, 0.25) is 0 Å². The van der Waals surface area contributed by atoms with E-state index in [-0.39, 0.29) is 31.1 Å². The zero-order valence-electron chi connectivity index (χ0n) is 32.0. The Morgan fingerprint density at radius 3 is 1.08 bits per heavy atom. The molecule has 0 aliphatic carbocycles. The summed E-state index contributed by atoms with van der Waals surface area (Å²) in [5.74, 6) is -0.887. The molecule has 1 atom stereocenters. The predicted octanol–water partition coefficient (Wildman–Crippen LogP) is 12.7. The molecule has 0 spiro atoms. The van der Waals surface area contributed by atoms with Crippen LogP contribution >= 0.6 is 0 Å². The first-order chi connectivity index (χ1) is 23.5. The first-order valence-corrected chi connectivity index (χ1v) is 20.7. The summed E-state index contributed by atoms with van der Waals surface area (Å²) in [5, 5.41) is 0. The third-order valence-corrected chi connectivity index (χ3v) is 9.02. The van der Waals surface area contributed by atoms with E-state index in [1.54, 1.807) is 0 Å². The summed E-state index contributed by atoms with van der Waals surface area (Å²) in [4.78, 5) is 37.4. The van der Waals surface area contributed by atoms with E-state index in [0.29, 0.717) is 19.3 Å². The van der Waals surface area contributed by atoms with Crippen molar-refractivity contribution >= 4 is 17.9 Å². The Balaban J connectivity index is 4.30. The molecule has 0 N–H and O–H groups in total. The minimum Gasteiger partial charge on any atom is -0.462 e. The van der Waals surface area contributed by atoms with Crippen LogP contribution in [0.4, 0.5) is 0 Å². The zero-order chi connectivity index (χ0) is 35.2. The summed E-state index contributed by atoms with van der Waals surface area (Å²) in [6, 6.07) is 0. The van der Waals surface area contributed by atoms with Gasteiger partial charge < -0.3 is 14.2 Å². The Morgan fingerprint density at radius 2 is 0.688 bits per heavy atom. The standard InChI is InChI=1S/C42H78O6/c1-4-7-10-13-16-18-20-22-24-26-29-32-35-41(44)47-38-39(37-46-40(43)34-31-28-15-12-9-6-3)48-42(45)36-33-30-27-25-23-21-19-17-14-11-8-5-2/h16,18,39H,4-15,17,19-38H2,1-3H3/b18-16-. The highest BCUT2D eigenvalue weighted by Gasteiger charge is 2.19. The van der Waals surface area contributed by atoms with Gasteiger partial charge in [0.05, 0.1) is 0 Å². The maximum absolute atomic E-state index is 12.6. The van der Waals surface area contributed by atoms with Crippen molar-refractivity contribution in [1.82, 2.24) is 0 Å². The van der Waals surface area contributed by atoms with Crippen molar-refractivity contribution in [1.29, 1.82) is 0 Å². The maximum atomic E-state index is 12.6. The van der Waals surface area contributed by atoms with Gasteiger partial charge in [-0.2, -0.15) is 0 Å². The number of hydrogen-bond donors (Lipinski definition) is 0. The molecule has 0 aliphatic rings. The molecule has 0 heterocycles. The predicted molar refractivity (Wildman–Crippen MR) is 201 cm³/mol. The summed E-state index contributed by atoms with van der Waals surface area (Å²) >= 11 is 0.